The molecule has 2 heteroatoms. The SMILES string of the molecule is CCC.CN(C)S. The Kier molecular flexibility index (Phi) is 14.1. The lowest BCUT2D eigenvalue weighted by molar-refractivity contribution is 0.714. The van der Waals surface area contributed by atoms with Gasteiger partial charge in [-0.05, 0) is 14.1 Å². The molecule has 0 heterocycles. The number of thiol groups is 1. The molecule has 0 radical (unpaired) electrons. The summed E-state index contributed by atoms with van der Waals surface area (Å²) in [6.45, 7) is 4.25. The first kappa shape index (κ1) is 10.3. The lowest BCUT2D eigenvalue weighted by atomic mass is 10.6. The van der Waals surface area contributed by atoms with Gasteiger partial charge in [-0.3, -0.25) is 4.31 Å². The minimum atomic E-state index is 1.25. The molecule has 0 bridgehead atoms. The fourth-order valence-electron chi connectivity index (χ4n) is 0. The van der Waals surface area contributed by atoms with Crippen LogP contribution in [-0.2, 0) is 0 Å². The maximum atomic E-state index is 3.80. The van der Waals surface area contributed by atoms with E-state index in [-0.39, 0.29) is 0 Å². The van der Waals surface area contributed by atoms with Crippen molar-refractivity contribution in [2.24, 2.45) is 0 Å². The molecule has 0 atom stereocenters. The van der Waals surface area contributed by atoms with Crippen LogP contribution >= 0.6 is 12.8 Å². The number of hydrogen-bond acceptors (Lipinski definition) is 2. The van der Waals surface area contributed by atoms with Crippen LogP contribution in [-0.4, -0.2) is 18.4 Å². The highest BCUT2D eigenvalue weighted by Crippen LogP contribution is 1.69. The van der Waals surface area contributed by atoms with Gasteiger partial charge >= 0.3 is 0 Å². The first-order valence-corrected chi connectivity index (χ1v) is 2.91. The van der Waals surface area contributed by atoms with Gasteiger partial charge < -0.3 is 0 Å². The number of hydrogen-bond donors (Lipinski definition) is 1. The van der Waals surface area contributed by atoms with Crippen molar-refractivity contribution < 1.29 is 0 Å². The molecule has 0 spiro atoms. The van der Waals surface area contributed by atoms with Crippen LogP contribution in [0.4, 0.5) is 0 Å². The van der Waals surface area contributed by atoms with Crippen LogP contribution in [0.5, 0.6) is 0 Å². The average molecular weight is 121 g/mol. The van der Waals surface area contributed by atoms with Gasteiger partial charge in [0, 0.05) is 0 Å². The van der Waals surface area contributed by atoms with E-state index < -0.39 is 0 Å². The zero-order chi connectivity index (χ0) is 6.28. The molecule has 0 aromatic carbocycles. The monoisotopic (exact) mass is 121 g/mol. The molecule has 0 aliphatic rings. The molecule has 0 aliphatic carbocycles. The van der Waals surface area contributed by atoms with E-state index in [1.165, 1.54) is 6.42 Å². The van der Waals surface area contributed by atoms with Crippen LogP contribution in [0.1, 0.15) is 20.3 Å². The Balaban J connectivity index is 0. The third kappa shape index (κ3) is 1220. The maximum absolute atomic E-state index is 3.80. The standard InChI is InChI=1S/C3H8.C2H7NS/c1-3-2;1-3(2)4/h3H2,1-2H3;4H,1-2H3. The van der Waals surface area contributed by atoms with E-state index in [2.05, 4.69) is 26.7 Å². The summed E-state index contributed by atoms with van der Waals surface area (Å²) in [6, 6.07) is 0. The summed E-state index contributed by atoms with van der Waals surface area (Å²) < 4.78 is 1.69. The van der Waals surface area contributed by atoms with Crippen molar-refractivity contribution in [1.29, 1.82) is 0 Å². The topological polar surface area (TPSA) is 3.24 Å². The summed E-state index contributed by atoms with van der Waals surface area (Å²) >= 11 is 3.80. The van der Waals surface area contributed by atoms with Crippen molar-refractivity contribution in [3.05, 3.63) is 0 Å². The molecular weight excluding hydrogens is 106 g/mol. The second kappa shape index (κ2) is 9.58. The van der Waals surface area contributed by atoms with Crippen molar-refractivity contribution in [2.75, 3.05) is 14.1 Å². The lowest BCUT2D eigenvalue weighted by Crippen LogP contribution is -1.89. The van der Waals surface area contributed by atoms with E-state index in [1.807, 2.05) is 14.1 Å². The third-order valence-electron chi connectivity index (χ3n) is 0. The summed E-state index contributed by atoms with van der Waals surface area (Å²) in [4.78, 5) is 0. The molecule has 0 fully saturated rings. The molecular formula is C5H15NS. The van der Waals surface area contributed by atoms with Gasteiger partial charge in [-0.15, -0.1) is 0 Å². The van der Waals surface area contributed by atoms with Crippen LogP contribution < -0.4 is 0 Å². The molecule has 0 N–H and O–H groups in total. The molecule has 0 unspecified atom stereocenters. The first-order chi connectivity index (χ1) is 3.15. The Morgan fingerprint density at radius 3 is 1.29 bits per heavy atom. The highest BCUT2D eigenvalue weighted by atomic mass is 32.1. The van der Waals surface area contributed by atoms with Crippen LogP contribution in [0, 0.1) is 0 Å². The Bertz CT molecular complexity index is 19.3. The van der Waals surface area contributed by atoms with Gasteiger partial charge in [-0.2, -0.15) is 0 Å². The Morgan fingerprint density at radius 1 is 1.29 bits per heavy atom. The summed E-state index contributed by atoms with van der Waals surface area (Å²) in [5.41, 5.74) is 0. The van der Waals surface area contributed by atoms with Crippen molar-refractivity contribution in [3.8, 4) is 0 Å². The minimum Gasteiger partial charge on any atom is -0.259 e. The predicted molar refractivity (Wildman–Crippen MR) is 38.6 cm³/mol. The molecule has 0 rings (SSSR count). The lowest BCUT2D eigenvalue weighted by Gasteiger charge is -1.88. The normalized spacial score (nSPS) is 7.71. The molecule has 0 saturated carbocycles. The quantitative estimate of drug-likeness (QED) is 0.478. The van der Waals surface area contributed by atoms with Gasteiger partial charge in [-0.1, -0.05) is 33.1 Å². The smallest absolute Gasteiger partial charge is 0.00309 e. The molecule has 1 nitrogen and oxygen atoms in total. The molecule has 0 aromatic heterocycles. The van der Waals surface area contributed by atoms with E-state index in [0.29, 0.717) is 0 Å². The van der Waals surface area contributed by atoms with E-state index >= 15 is 0 Å². The van der Waals surface area contributed by atoms with Crippen LogP contribution in [0.15, 0.2) is 0 Å². The Hall–Kier alpha value is 0.310. The van der Waals surface area contributed by atoms with Crippen molar-refractivity contribution in [3.63, 3.8) is 0 Å². The zero-order valence-corrected chi connectivity index (χ0v) is 6.50. The predicted octanol–water partition coefficient (Wildman–Crippen LogP) is 1.81. The van der Waals surface area contributed by atoms with E-state index in [9.17, 15) is 0 Å². The Morgan fingerprint density at radius 2 is 1.29 bits per heavy atom. The van der Waals surface area contributed by atoms with Gasteiger partial charge in [0.1, 0.15) is 0 Å². The molecule has 0 amide bonds. The summed E-state index contributed by atoms with van der Waals surface area (Å²) in [7, 11) is 3.73. The van der Waals surface area contributed by atoms with E-state index in [1.54, 1.807) is 4.31 Å². The van der Waals surface area contributed by atoms with Gasteiger partial charge in [0.15, 0.2) is 0 Å². The fourth-order valence-corrected chi connectivity index (χ4v) is 0. The highest BCUT2D eigenvalue weighted by Gasteiger charge is 1.59. The average Bonchev–Trinajstić information content (AvgIpc) is 1.33. The second-order valence-corrected chi connectivity index (χ2v) is 2.35. The van der Waals surface area contributed by atoms with E-state index in [0.717, 1.165) is 0 Å². The molecule has 0 saturated heterocycles. The minimum absolute atomic E-state index is 1.25. The number of rotatable bonds is 0. The molecule has 0 aromatic rings. The maximum Gasteiger partial charge on any atom is -0.00309 e. The molecule has 0 aliphatic heterocycles. The Labute approximate surface area is 52.3 Å². The van der Waals surface area contributed by atoms with Crippen LogP contribution in [0.25, 0.3) is 0 Å². The van der Waals surface area contributed by atoms with Gasteiger partial charge in [0.05, 0.1) is 0 Å². The van der Waals surface area contributed by atoms with Gasteiger partial charge in [-0.25, -0.2) is 0 Å². The summed E-state index contributed by atoms with van der Waals surface area (Å²) in [5.74, 6) is 0. The van der Waals surface area contributed by atoms with E-state index in [4.69, 9.17) is 0 Å². The fraction of sp³-hybridized carbons (Fsp3) is 1.00. The number of nitrogens with zero attached hydrogens (tertiary/aromatic N) is 1. The summed E-state index contributed by atoms with van der Waals surface area (Å²) in [5, 5.41) is 0. The van der Waals surface area contributed by atoms with Crippen molar-refractivity contribution in [1.82, 2.24) is 4.31 Å². The first-order valence-electron chi connectivity index (χ1n) is 2.51. The van der Waals surface area contributed by atoms with Crippen molar-refractivity contribution >= 4 is 12.8 Å². The van der Waals surface area contributed by atoms with Crippen LogP contribution in [0.2, 0.25) is 0 Å². The zero-order valence-electron chi connectivity index (χ0n) is 5.60. The van der Waals surface area contributed by atoms with Gasteiger partial charge in [0.2, 0.25) is 0 Å². The third-order valence-corrected chi connectivity index (χ3v) is 0. The second-order valence-electron chi connectivity index (χ2n) is 1.55. The van der Waals surface area contributed by atoms with Crippen molar-refractivity contribution in [2.45, 2.75) is 20.3 Å². The highest BCUT2D eigenvalue weighted by molar-refractivity contribution is 7.77. The van der Waals surface area contributed by atoms with Gasteiger partial charge in [0.25, 0.3) is 0 Å². The largest absolute Gasteiger partial charge is 0.259 e. The summed E-state index contributed by atoms with van der Waals surface area (Å²) in [6.07, 6.45) is 1.25. The molecule has 7 heavy (non-hydrogen) atoms. The molecule has 46 valence electrons. The van der Waals surface area contributed by atoms with Crippen LogP contribution in [0.3, 0.4) is 0 Å².